The molecule has 1 atom stereocenters. The summed E-state index contributed by atoms with van der Waals surface area (Å²) in [7, 11) is 0. The van der Waals surface area contributed by atoms with Gasteiger partial charge >= 0.3 is 5.97 Å². The van der Waals surface area contributed by atoms with Crippen molar-refractivity contribution in [2.45, 2.75) is 50.8 Å². The first-order chi connectivity index (χ1) is 7.11. The maximum atomic E-state index is 10.5. The number of nitrogens with zero attached hydrogens (tertiary/aromatic N) is 1. The zero-order chi connectivity index (χ0) is 11.7. The van der Waals surface area contributed by atoms with Crippen LogP contribution in [0.15, 0.2) is 5.16 Å². The number of aliphatic carboxylic acids is 1. The third-order valence-electron chi connectivity index (χ3n) is 2.14. The number of carbonyl (C=O) groups is 1. The smallest absolute Gasteiger partial charge is 0.321 e. The van der Waals surface area contributed by atoms with Crippen LogP contribution in [0.1, 0.15) is 45.4 Å². The number of hydrogen-bond acceptors (Lipinski definition) is 3. The second-order valence-corrected chi connectivity index (χ2v) is 4.01. The summed E-state index contributed by atoms with van der Waals surface area (Å²) in [6, 6.07) is 0. The van der Waals surface area contributed by atoms with Crippen LogP contribution in [0.2, 0.25) is 0 Å². The van der Waals surface area contributed by atoms with Gasteiger partial charge in [-0.3, -0.25) is 4.79 Å². The van der Waals surface area contributed by atoms with Crippen molar-refractivity contribution in [3.63, 3.8) is 0 Å². The van der Waals surface area contributed by atoms with Gasteiger partial charge in [0.15, 0.2) is 0 Å². The van der Waals surface area contributed by atoms with Crippen LogP contribution < -0.4 is 0 Å². The van der Waals surface area contributed by atoms with Gasteiger partial charge in [-0.05, 0) is 12.8 Å². The summed E-state index contributed by atoms with van der Waals surface area (Å²) >= 11 is 5.54. The second kappa shape index (κ2) is 8.53. The van der Waals surface area contributed by atoms with Crippen LogP contribution in [-0.4, -0.2) is 27.4 Å². The number of carboxylic acids is 1. The van der Waals surface area contributed by atoms with E-state index < -0.39 is 11.3 Å². The molecule has 2 N–H and O–H groups in total. The highest BCUT2D eigenvalue weighted by Gasteiger charge is 2.16. The highest BCUT2D eigenvalue weighted by Crippen LogP contribution is 2.10. The van der Waals surface area contributed by atoms with E-state index in [0.717, 1.165) is 25.7 Å². The van der Waals surface area contributed by atoms with E-state index in [9.17, 15) is 4.79 Å². The molecule has 4 nitrogen and oxygen atoms in total. The van der Waals surface area contributed by atoms with Crippen molar-refractivity contribution in [3.8, 4) is 0 Å². The topological polar surface area (TPSA) is 69.9 Å². The fourth-order valence-electron chi connectivity index (χ4n) is 1.24. The molecule has 0 spiro atoms. The Kier molecular flexibility index (Phi) is 8.09. The van der Waals surface area contributed by atoms with Gasteiger partial charge in [-0.15, -0.1) is 11.6 Å². The van der Waals surface area contributed by atoms with Crippen LogP contribution >= 0.6 is 11.6 Å². The zero-order valence-electron chi connectivity index (χ0n) is 8.95. The second-order valence-electron chi connectivity index (χ2n) is 3.49. The number of halogens is 1. The van der Waals surface area contributed by atoms with Crippen molar-refractivity contribution >= 4 is 23.3 Å². The van der Waals surface area contributed by atoms with E-state index in [4.69, 9.17) is 21.9 Å². The van der Waals surface area contributed by atoms with Crippen LogP contribution in [0.25, 0.3) is 0 Å². The third kappa shape index (κ3) is 7.19. The molecule has 0 saturated carbocycles. The average Bonchev–Trinajstić information content (AvgIpc) is 2.22. The molecule has 1 unspecified atom stereocenters. The number of rotatable bonds is 8. The van der Waals surface area contributed by atoms with Crippen molar-refractivity contribution in [2.75, 3.05) is 0 Å². The number of carboxylic acid groups (broad SMARTS) is 1. The molecular weight excluding hydrogens is 218 g/mol. The predicted molar refractivity (Wildman–Crippen MR) is 59.9 cm³/mol. The Morgan fingerprint density at radius 3 is 2.53 bits per heavy atom. The van der Waals surface area contributed by atoms with Gasteiger partial charge in [0.25, 0.3) is 0 Å². The van der Waals surface area contributed by atoms with Gasteiger partial charge < -0.3 is 10.3 Å². The highest BCUT2D eigenvalue weighted by atomic mass is 35.5. The molecule has 15 heavy (non-hydrogen) atoms. The number of unbranched alkanes of at least 4 members (excludes halogenated alkanes) is 3. The minimum atomic E-state index is -1.08. The van der Waals surface area contributed by atoms with Crippen LogP contribution in [0.5, 0.6) is 0 Å². The van der Waals surface area contributed by atoms with E-state index in [2.05, 4.69) is 12.1 Å². The SMILES string of the molecule is CCCCCCC(CC(Cl)C(=O)O)=NO. The largest absolute Gasteiger partial charge is 0.480 e. The van der Waals surface area contributed by atoms with Crippen molar-refractivity contribution in [2.24, 2.45) is 5.16 Å². The molecule has 0 saturated heterocycles. The number of alkyl halides is 1. The molecule has 0 radical (unpaired) electrons. The molecule has 0 aliphatic heterocycles. The van der Waals surface area contributed by atoms with Gasteiger partial charge in [-0.1, -0.05) is 31.3 Å². The van der Waals surface area contributed by atoms with Gasteiger partial charge in [-0.2, -0.15) is 0 Å². The monoisotopic (exact) mass is 235 g/mol. The average molecular weight is 236 g/mol. The normalized spacial score (nSPS) is 13.9. The summed E-state index contributed by atoms with van der Waals surface area (Å²) < 4.78 is 0. The van der Waals surface area contributed by atoms with E-state index in [1.807, 2.05) is 0 Å². The summed E-state index contributed by atoms with van der Waals surface area (Å²) in [5.74, 6) is -1.08. The van der Waals surface area contributed by atoms with Crippen LogP contribution in [0.4, 0.5) is 0 Å². The Morgan fingerprint density at radius 1 is 1.40 bits per heavy atom. The van der Waals surface area contributed by atoms with Gasteiger partial charge in [0.05, 0.1) is 5.71 Å². The van der Waals surface area contributed by atoms with Crippen molar-refractivity contribution in [1.82, 2.24) is 0 Å². The maximum Gasteiger partial charge on any atom is 0.321 e. The minimum Gasteiger partial charge on any atom is -0.480 e. The van der Waals surface area contributed by atoms with E-state index in [0.29, 0.717) is 12.1 Å². The molecule has 0 aliphatic rings. The molecule has 0 bridgehead atoms. The van der Waals surface area contributed by atoms with E-state index in [1.54, 1.807) is 0 Å². The Morgan fingerprint density at radius 2 is 2.07 bits per heavy atom. The molecule has 0 heterocycles. The van der Waals surface area contributed by atoms with Gasteiger partial charge in [0.1, 0.15) is 5.38 Å². The fourth-order valence-corrected chi connectivity index (χ4v) is 1.42. The van der Waals surface area contributed by atoms with Gasteiger partial charge in [0.2, 0.25) is 0 Å². The summed E-state index contributed by atoms with van der Waals surface area (Å²) in [4.78, 5) is 10.5. The summed E-state index contributed by atoms with van der Waals surface area (Å²) in [5.41, 5.74) is 0.466. The molecule has 88 valence electrons. The molecule has 0 aromatic carbocycles. The summed E-state index contributed by atoms with van der Waals surface area (Å²) in [6.07, 6.45) is 4.99. The molecule has 0 aromatic rings. The number of oxime groups is 1. The Bertz CT molecular complexity index is 219. The predicted octanol–water partition coefficient (Wildman–Crippen LogP) is 2.87. The van der Waals surface area contributed by atoms with Gasteiger partial charge in [0, 0.05) is 6.42 Å². The van der Waals surface area contributed by atoms with Crippen LogP contribution in [0.3, 0.4) is 0 Å². The Hall–Kier alpha value is -0.770. The van der Waals surface area contributed by atoms with E-state index in [1.165, 1.54) is 0 Å². The van der Waals surface area contributed by atoms with Crippen molar-refractivity contribution in [3.05, 3.63) is 0 Å². The molecule has 0 aliphatic carbocycles. The molecule has 5 heteroatoms. The van der Waals surface area contributed by atoms with Crippen LogP contribution in [-0.2, 0) is 4.79 Å². The zero-order valence-corrected chi connectivity index (χ0v) is 9.70. The first-order valence-electron chi connectivity index (χ1n) is 5.18. The minimum absolute atomic E-state index is 0.111. The lowest BCUT2D eigenvalue weighted by Crippen LogP contribution is -2.17. The Labute approximate surface area is 94.9 Å². The molecule has 0 aromatic heterocycles. The van der Waals surface area contributed by atoms with Crippen LogP contribution in [0, 0.1) is 0 Å². The molecule has 0 fully saturated rings. The lowest BCUT2D eigenvalue weighted by Gasteiger charge is -2.06. The molecule has 0 amide bonds. The lowest BCUT2D eigenvalue weighted by molar-refractivity contribution is -0.136. The fraction of sp³-hybridized carbons (Fsp3) is 0.800. The lowest BCUT2D eigenvalue weighted by atomic mass is 10.1. The van der Waals surface area contributed by atoms with E-state index in [-0.39, 0.29) is 6.42 Å². The quantitative estimate of drug-likeness (QED) is 0.223. The summed E-state index contributed by atoms with van der Waals surface area (Å²) in [6.45, 7) is 2.11. The highest BCUT2D eigenvalue weighted by molar-refractivity contribution is 6.30. The first-order valence-corrected chi connectivity index (χ1v) is 5.62. The number of hydrogen-bond donors (Lipinski definition) is 2. The first kappa shape index (κ1) is 14.2. The molecular formula is C10H18ClNO3. The third-order valence-corrected chi connectivity index (χ3v) is 2.48. The molecule has 0 rings (SSSR count). The Balaban J connectivity index is 3.79. The standard InChI is InChI=1S/C10H18ClNO3/c1-2-3-4-5-6-8(12-15)7-9(11)10(13)14/h9,15H,2-7H2,1H3,(H,13,14). The summed E-state index contributed by atoms with van der Waals surface area (Å²) in [5, 5.41) is 19.3. The van der Waals surface area contributed by atoms with Crippen molar-refractivity contribution in [1.29, 1.82) is 0 Å². The maximum absolute atomic E-state index is 10.5. The van der Waals surface area contributed by atoms with Gasteiger partial charge in [-0.25, -0.2) is 0 Å². The van der Waals surface area contributed by atoms with Crippen molar-refractivity contribution < 1.29 is 15.1 Å². The van der Waals surface area contributed by atoms with E-state index >= 15 is 0 Å².